The molecule has 3 N–H and O–H groups in total. The van der Waals surface area contributed by atoms with Gasteiger partial charge in [-0.1, -0.05) is 169 Å². The maximum Gasteiger partial charge on any atom is 0.219 e. The van der Waals surface area contributed by atoms with E-state index in [-0.39, 0.29) is 19.3 Å². The molecule has 63 heavy (non-hydrogen) atoms. The number of hydrogen-bond donors (Lipinski definition) is 3. The Bertz CT molecular complexity index is 1340. The molecule has 0 aliphatic rings. The molecule has 6 nitrogen and oxygen atoms in total. The first-order valence-corrected chi connectivity index (χ1v) is 25.3. The van der Waals surface area contributed by atoms with Gasteiger partial charge in [0.05, 0.1) is 6.61 Å². The zero-order chi connectivity index (χ0) is 46.4. The number of aliphatic hydroxyl groups is 3. The van der Waals surface area contributed by atoms with E-state index >= 15 is 0 Å². The number of carbonyl (C=O) groups is 3. The van der Waals surface area contributed by atoms with Crippen molar-refractivity contribution in [1.82, 2.24) is 0 Å². The molecular weight excluding hydrogens is 781 g/mol. The van der Waals surface area contributed by atoms with E-state index in [0.717, 1.165) is 77.0 Å². The standard InChI is InChI=1S/C57H92O6/c1-4-7-10-13-16-19-22-25-28-31-34-37-40-43-46-49-53(59)56(62,52-58)57(63,54(60)50-47-44-41-38-35-32-29-26-23-20-17-14-11-8-5-2)55(61)51-48-45-42-39-36-33-30-27-24-21-18-15-12-9-6-3/h16-21,25-30,34-39,58,62-63H,4-15,22-24,31-33,40-52H2,1-3H3/b19-16-,20-17-,21-18-,28-25-,29-26-,30-27-,37-34-,38-35-,39-36-. The van der Waals surface area contributed by atoms with Crippen molar-refractivity contribution in [3.63, 3.8) is 0 Å². The van der Waals surface area contributed by atoms with Gasteiger partial charge in [-0.15, -0.1) is 0 Å². The van der Waals surface area contributed by atoms with E-state index in [0.29, 0.717) is 38.5 Å². The lowest BCUT2D eigenvalue weighted by Gasteiger charge is -2.39. The van der Waals surface area contributed by atoms with E-state index in [4.69, 9.17) is 0 Å². The molecule has 0 rings (SSSR count). The summed E-state index contributed by atoms with van der Waals surface area (Å²) in [5.74, 6) is -2.69. The third-order valence-corrected chi connectivity index (χ3v) is 11.2. The summed E-state index contributed by atoms with van der Waals surface area (Å²) in [6, 6.07) is 0. The van der Waals surface area contributed by atoms with Gasteiger partial charge in [0, 0.05) is 19.3 Å². The highest BCUT2D eigenvalue weighted by Crippen LogP contribution is 2.32. The quantitative estimate of drug-likeness (QED) is 0.0319. The van der Waals surface area contributed by atoms with E-state index in [1.165, 1.54) is 57.8 Å². The van der Waals surface area contributed by atoms with E-state index in [2.05, 4.69) is 130 Å². The average Bonchev–Trinajstić information content (AvgIpc) is 3.29. The van der Waals surface area contributed by atoms with Crippen LogP contribution < -0.4 is 0 Å². The maximum absolute atomic E-state index is 13.8. The number of carbonyl (C=O) groups excluding carboxylic acids is 3. The van der Waals surface area contributed by atoms with Crippen molar-refractivity contribution in [3.8, 4) is 0 Å². The minimum atomic E-state index is -3.01. The molecule has 1 atom stereocenters. The van der Waals surface area contributed by atoms with Crippen molar-refractivity contribution in [2.75, 3.05) is 6.61 Å². The minimum absolute atomic E-state index is 0.165. The second-order valence-corrected chi connectivity index (χ2v) is 16.9. The molecule has 356 valence electrons. The predicted octanol–water partition coefficient (Wildman–Crippen LogP) is 14.9. The zero-order valence-corrected chi connectivity index (χ0v) is 40.4. The summed E-state index contributed by atoms with van der Waals surface area (Å²) in [6.45, 7) is 5.42. The number of aliphatic hydroxyl groups excluding tert-OH is 1. The van der Waals surface area contributed by atoms with Crippen LogP contribution in [0.1, 0.15) is 213 Å². The lowest BCUT2D eigenvalue weighted by Crippen LogP contribution is -2.69. The van der Waals surface area contributed by atoms with Crippen LogP contribution in [0, 0.1) is 0 Å². The summed E-state index contributed by atoms with van der Waals surface area (Å²) in [7, 11) is 0. The van der Waals surface area contributed by atoms with Crippen LogP contribution in [0.2, 0.25) is 0 Å². The van der Waals surface area contributed by atoms with Gasteiger partial charge in [0.15, 0.2) is 23.0 Å². The molecule has 0 heterocycles. The number of ketones is 3. The minimum Gasteiger partial charge on any atom is -0.393 e. The molecule has 0 aromatic carbocycles. The third-order valence-electron chi connectivity index (χ3n) is 11.2. The number of hydrogen-bond acceptors (Lipinski definition) is 6. The smallest absolute Gasteiger partial charge is 0.219 e. The van der Waals surface area contributed by atoms with Gasteiger partial charge in [-0.2, -0.15) is 0 Å². The van der Waals surface area contributed by atoms with Crippen LogP contribution in [-0.2, 0) is 14.4 Å². The Balaban J connectivity index is 5.25. The number of allylic oxidation sites excluding steroid dienone is 18. The van der Waals surface area contributed by atoms with Gasteiger partial charge in [0.1, 0.15) is 0 Å². The monoisotopic (exact) mass is 873 g/mol. The molecule has 0 aliphatic carbocycles. The molecule has 0 amide bonds. The second-order valence-electron chi connectivity index (χ2n) is 16.9. The van der Waals surface area contributed by atoms with E-state index < -0.39 is 35.2 Å². The van der Waals surface area contributed by atoms with Crippen molar-refractivity contribution in [3.05, 3.63) is 109 Å². The normalized spacial score (nSPS) is 14.0. The first kappa shape index (κ1) is 59.5. The summed E-state index contributed by atoms with van der Waals surface area (Å²) in [5, 5.41) is 34.0. The Morgan fingerprint density at radius 3 is 0.794 bits per heavy atom. The van der Waals surface area contributed by atoms with Crippen LogP contribution in [0.4, 0.5) is 0 Å². The second kappa shape index (κ2) is 43.8. The van der Waals surface area contributed by atoms with Crippen LogP contribution >= 0.6 is 0 Å². The summed E-state index contributed by atoms with van der Waals surface area (Å²) < 4.78 is 0. The highest BCUT2D eigenvalue weighted by molar-refractivity contribution is 6.16. The fourth-order valence-electron chi connectivity index (χ4n) is 7.10. The molecule has 0 spiro atoms. The van der Waals surface area contributed by atoms with Crippen LogP contribution in [0.3, 0.4) is 0 Å². The first-order chi connectivity index (χ1) is 30.8. The van der Waals surface area contributed by atoms with Crippen LogP contribution in [0.15, 0.2) is 109 Å². The summed E-state index contributed by atoms with van der Waals surface area (Å²) in [5.41, 5.74) is -5.91. The van der Waals surface area contributed by atoms with Gasteiger partial charge >= 0.3 is 0 Å². The average molecular weight is 873 g/mol. The Morgan fingerprint density at radius 2 is 0.556 bits per heavy atom. The SMILES string of the molecule is CCCCC/C=C\C/C=C\C/C=C\CCCCC(=O)C(O)(CO)C(O)(C(=O)CCCC/C=C\C/C=C\C/C=C\CCCCC)C(=O)CCCC/C=C\C/C=C\C/C=C\CCCCC. The highest BCUT2D eigenvalue weighted by atomic mass is 16.4. The lowest BCUT2D eigenvalue weighted by atomic mass is 9.71. The van der Waals surface area contributed by atoms with Crippen molar-refractivity contribution < 1.29 is 29.7 Å². The van der Waals surface area contributed by atoms with Gasteiger partial charge in [-0.3, -0.25) is 14.4 Å². The molecule has 1 unspecified atom stereocenters. The summed E-state index contributed by atoms with van der Waals surface area (Å²) in [6.07, 6.45) is 63.1. The van der Waals surface area contributed by atoms with E-state index in [1.54, 1.807) is 0 Å². The summed E-state index contributed by atoms with van der Waals surface area (Å²) in [4.78, 5) is 41.1. The van der Waals surface area contributed by atoms with Crippen LogP contribution in [0.25, 0.3) is 0 Å². The third kappa shape index (κ3) is 31.1. The topological polar surface area (TPSA) is 112 Å². The fraction of sp³-hybridized carbons (Fsp3) is 0.632. The number of rotatable bonds is 44. The molecule has 0 aromatic heterocycles. The van der Waals surface area contributed by atoms with Crippen molar-refractivity contribution in [2.45, 2.75) is 225 Å². The van der Waals surface area contributed by atoms with Crippen LogP contribution in [0.5, 0.6) is 0 Å². The molecule has 0 radical (unpaired) electrons. The Morgan fingerprint density at radius 1 is 0.333 bits per heavy atom. The molecule has 0 bridgehead atoms. The molecule has 0 aromatic rings. The zero-order valence-electron chi connectivity index (χ0n) is 40.4. The molecule has 0 aliphatic heterocycles. The molecule has 6 heteroatoms. The van der Waals surface area contributed by atoms with Gasteiger partial charge in [-0.05, 0) is 135 Å². The van der Waals surface area contributed by atoms with Gasteiger partial charge in [0.2, 0.25) is 5.60 Å². The molecule has 0 saturated heterocycles. The number of unbranched alkanes of at least 4 members (excludes halogenated alkanes) is 15. The van der Waals surface area contributed by atoms with Gasteiger partial charge in [0.25, 0.3) is 0 Å². The fourth-order valence-corrected chi connectivity index (χ4v) is 7.10. The molecule has 0 fully saturated rings. The van der Waals surface area contributed by atoms with Crippen molar-refractivity contribution >= 4 is 17.3 Å². The lowest BCUT2D eigenvalue weighted by molar-refractivity contribution is -0.194. The maximum atomic E-state index is 13.8. The van der Waals surface area contributed by atoms with Gasteiger partial charge in [-0.25, -0.2) is 0 Å². The predicted molar refractivity (Wildman–Crippen MR) is 270 cm³/mol. The first-order valence-electron chi connectivity index (χ1n) is 25.3. The highest BCUT2D eigenvalue weighted by Gasteiger charge is 2.62. The van der Waals surface area contributed by atoms with Crippen molar-refractivity contribution in [1.29, 1.82) is 0 Å². The van der Waals surface area contributed by atoms with Crippen LogP contribution in [-0.4, -0.2) is 50.5 Å². The van der Waals surface area contributed by atoms with E-state index in [9.17, 15) is 29.7 Å². The molecule has 0 saturated carbocycles. The molecular formula is C57H92O6. The largest absolute Gasteiger partial charge is 0.393 e. The number of Topliss-reactive ketones (excluding diaryl/α,β-unsaturated/α-hetero) is 3. The van der Waals surface area contributed by atoms with E-state index in [1.807, 2.05) is 0 Å². The summed E-state index contributed by atoms with van der Waals surface area (Å²) >= 11 is 0. The Kier molecular flexibility index (Phi) is 41.4. The Labute approximate surface area is 386 Å². The Hall–Kier alpha value is -3.45. The van der Waals surface area contributed by atoms with Crippen molar-refractivity contribution in [2.24, 2.45) is 0 Å². The van der Waals surface area contributed by atoms with Gasteiger partial charge < -0.3 is 15.3 Å².